The molecule has 3 amide bonds. The van der Waals surface area contributed by atoms with Crippen molar-refractivity contribution in [2.75, 3.05) is 26.2 Å². The second-order valence-electron chi connectivity index (χ2n) is 12.4. The largest absolute Gasteiger partial charge is 0.396 e. The lowest BCUT2D eigenvalue weighted by molar-refractivity contribution is -0.145. The number of nitrogens with zero attached hydrogens (tertiary/aromatic N) is 6. The molecular formula is C35H42N6O4S. The van der Waals surface area contributed by atoms with Crippen molar-refractivity contribution in [2.24, 2.45) is 11.8 Å². The van der Waals surface area contributed by atoms with E-state index in [4.69, 9.17) is 0 Å². The summed E-state index contributed by atoms with van der Waals surface area (Å²) in [4.78, 5) is 49.0. The highest BCUT2D eigenvalue weighted by molar-refractivity contribution is 8.02. The smallest absolute Gasteiger partial charge is 0.248 e. The molecule has 4 heterocycles. The molecule has 3 fully saturated rings. The normalized spacial score (nSPS) is 24.7. The number of amides is 3. The quantitative estimate of drug-likeness (QED) is 0.198. The van der Waals surface area contributed by atoms with E-state index in [1.165, 1.54) is 0 Å². The zero-order valence-electron chi connectivity index (χ0n) is 26.1. The summed E-state index contributed by atoms with van der Waals surface area (Å²) >= 11 is 1.68. The molecule has 10 nitrogen and oxygen atoms in total. The average molecular weight is 643 g/mol. The summed E-state index contributed by atoms with van der Waals surface area (Å²) in [5.41, 5.74) is 2.56. The standard InChI is InChI=1S/C35H42N6O4S/c1-3-19-38(23-25-13-7-5-8-14-25)32(43)29-28-17-18-35(46-28)30(29)33(44)40(21-11-6-12-22-42)31(35)34(45)39(20-4-2)24-41-27-16-10-9-15-26(27)36-37-41/h3-5,7-10,13-16,28-31,42H,1-2,6,11-12,17-24H2/t28-,29+,30+,31?,35?/m1/s1. The second-order valence-corrected chi connectivity index (χ2v) is 14.0. The van der Waals surface area contributed by atoms with Gasteiger partial charge in [0.1, 0.15) is 18.2 Å². The molecule has 242 valence electrons. The van der Waals surface area contributed by atoms with Crippen molar-refractivity contribution in [1.29, 1.82) is 0 Å². The number of aliphatic hydroxyl groups excluding tert-OH is 1. The van der Waals surface area contributed by atoms with Crippen molar-refractivity contribution in [3.05, 3.63) is 85.5 Å². The van der Waals surface area contributed by atoms with E-state index in [1.807, 2.05) is 54.6 Å². The van der Waals surface area contributed by atoms with Gasteiger partial charge in [-0.15, -0.1) is 30.0 Å². The van der Waals surface area contributed by atoms with Crippen molar-refractivity contribution in [2.45, 2.75) is 61.4 Å². The van der Waals surface area contributed by atoms with Crippen LogP contribution < -0.4 is 0 Å². The van der Waals surface area contributed by atoms with Crippen LogP contribution >= 0.6 is 11.8 Å². The number of aromatic nitrogens is 3. The minimum Gasteiger partial charge on any atom is -0.396 e. The predicted octanol–water partition coefficient (Wildman–Crippen LogP) is 3.87. The molecule has 3 aliphatic heterocycles. The maximum atomic E-state index is 14.8. The van der Waals surface area contributed by atoms with E-state index in [-0.39, 0.29) is 42.8 Å². The van der Waals surface area contributed by atoms with Crippen molar-refractivity contribution in [1.82, 2.24) is 29.7 Å². The highest BCUT2D eigenvalue weighted by Gasteiger charge is 2.74. The van der Waals surface area contributed by atoms with Crippen molar-refractivity contribution in [3.8, 4) is 0 Å². The lowest BCUT2D eigenvalue weighted by atomic mass is 9.70. The van der Waals surface area contributed by atoms with Crippen LogP contribution in [0.25, 0.3) is 11.0 Å². The van der Waals surface area contributed by atoms with Crippen molar-refractivity contribution in [3.63, 3.8) is 0 Å². The molecular weight excluding hydrogens is 600 g/mol. The van der Waals surface area contributed by atoms with Gasteiger partial charge in [0.25, 0.3) is 0 Å². The maximum Gasteiger partial charge on any atom is 0.248 e. The average Bonchev–Trinajstić information content (AvgIpc) is 3.82. The van der Waals surface area contributed by atoms with Gasteiger partial charge in [0.15, 0.2) is 0 Å². The molecule has 5 atom stereocenters. The SMILES string of the molecule is C=CCN(Cn1nnc2ccccc21)C(=O)C1N(CCCCCO)C(=O)[C@@H]2[C@@H](C(=O)N(CC=C)Cc3ccccc3)[C@H]3CCC12S3. The molecule has 1 aromatic heterocycles. The third kappa shape index (κ3) is 5.75. The number of fused-ring (bicyclic) bond motifs is 2. The van der Waals surface area contributed by atoms with Crippen LogP contribution in [-0.4, -0.2) is 94.8 Å². The number of benzene rings is 2. The van der Waals surface area contributed by atoms with Crippen LogP contribution in [-0.2, 0) is 27.6 Å². The molecule has 1 N–H and O–H groups in total. The first kappa shape index (κ1) is 32.0. The van der Waals surface area contributed by atoms with E-state index < -0.39 is 22.6 Å². The fourth-order valence-electron chi connectivity index (χ4n) is 7.66. The summed E-state index contributed by atoms with van der Waals surface area (Å²) in [5.74, 6) is -1.42. The minimum atomic E-state index is -0.719. The van der Waals surface area contributed by atoms with Crippen LogP contribution in [0.15, 0.2) is 79.9 Å². The topological polar surface area (TPSA) is 112 Å². The van der Waals surface area contributed by atoms with E-state index >= 15 is 0 Å². The highest BCUT2D eigenvalue weighted by atomic mass is 32.2. The molecule has 3 aromatic rings. The summed E-state index contributed by atoms with van der Waals surface area (Å²) in [7, 11) is 0. The number of rotatable bonds is 15. The lowest BCUT2D eigenvalue weighted by Gasteiger charge is -2.37. The molecule has 46 heavy (non-hydrogen) atoms. The van der Waals surface area contributed by atoms with Gasteiger partial charge in [-0.1, -0.05) is 59.8 Å². The van der Waals surface area contributed by atoms with E-state index in [1.54, 1.807) is 43.3 Å². The number of unbranched alkanes of at least 4 members (excludes halogenated alkanes) is 2. The lowest BCUT2D eigenvalue weighted by Crippen LogP contribution is -2.55. The Morgan fingerprint density at radius 2 is 1.74 bits per heavy atom. The van der Waals surface area contributed by atoms with Crippen LogP contribution in [0.1, 0.15) is 37.7 Å². The number of carbonyl (C=O) groups excluding carboxylic acids is 3. The molecule has 3 aliphatic rings. The van der Waals surface area contributed by atoms with E-state index in [9.17, 15) is 19.5 Å². The molecule has 1 spiro atoms. The maximum absolute atomic E-state index is 14.8. The Hall–Kier alpha value is -3.96. The molecule has 0 aliphatic carbocycles. The fourth-order valence-corrected chi connectivity index (χ4v) is 9.86. The minimum absolute atomic E-state index is 0.0384. The Bertz CT molecular complexity index is 1600. The second kappa shape index (κ2) is 13.8. The number of aliphatic hydroxyl groups is 1. The van der Waals surface area contributed by atoms with Crippen LogP contribution in [0, 0.1) is 11.8 Å². The van der Waals surface area contributed by atoms with E-state index in [0.717, 1.165) is 29.4 Å². The van der Waals surface area contributed by atoms with Gasteiger partial charge in [-0.25, -0.2) is 4.68 Å². The number of hydrogen-bond acceptors (Lipinski definition) is 7. The van der Waals surface area contributed by atoms with Gasteiger partial charge in [0.2, 0.25) is 17.7 Å². The number of likely N-dealkylation sites (tertiary alicyclic amines) is 1. The Balaban J connectivity index is 1.33. The zero-order chi connectivity index (χ0) is 32.3. The monoisotopic (exact) mass is 642 g/mol. The number of hydrogen-bond donors (Lipinski definition) is 1. The number of para-hydroxylation sites is 1. The molecule has 0 saturated carbocycles. The van der Waals surface area contributed by atoms with Crippen LogP contribution in [0.4, 0.5) is 0 Å². The molecule has 11 heteroatoms. The first-order valence-electron chi connectivity index (χ1n) is 16.1. The third-order valence-corrected chi connectivity index (χ3v) is 11.6. The van der Waals surface area contributed by atoms with Gasteiger partial charge in [-0.05, 0) is 49.8 Å². The Morgan fingerprint density at radius 3 is 2.50 bits per heavy atom. The van der Waals surface area contributed by atoms with Gasteiger partial charge in [0.05, 0.1) is 22.1 Å². The predicted molar refractivity (Wildman–Crippen MR) is 178 cm³/mol. The molecule has 6 rings (SSSR count). The Labute approximate surface area is 274 Å². The molecule has 2 unspecified atom stereocenters. The number of thioether (sulfide) groups is 1. The first-order valence-corrected chi connectivity index (χ1v) is 17.0. The molecule has 3 saturated heterocycles. The van der Waals surface area contributed by atoms with Crippen molar-refractivity contribution >= 4 is 40.5 Å². The third-order valence-electron chi connectivity index (χ3n) is 9.64. The molecule has 2 bridgehead atoms. The van der Waals surface area contributed by atoms with Crippen molar-refractivity contribution < 1.29 is 19.5 Å². The van der Waals surface area contributed by atoms with E-state index in [0.29, 0.717) is 38.9 Å². The number of carbonyl (C=O) groups is 3. The Morgan fingerprint density at radius 1 is 1.00 bits per heavy atom. The summed E-state index contributed by atoms with van der Waals surface area (Å²) in [6.45, 7) is 9.54. The molecule has 0 radical (unpaired) electrons. The zero-order valence-corrected chi connectivity index (χ0v) is 26.9. The van der Waals surface area contributed by atoms with Crippen LogP contribution in [0.3, 0.4) is 0 Å². The van der Waals surface area contributed by atoms with Gasteiger partial charge >= 0.3 is 0 Å². The van der Waals surface area contributed by atoms with Crippen LogP contribution in [0.5, 0.6) is 0 Å². The Kier molecular flexibility index (Phi) is 9.60. The summed E-state index contributed by atoms with van der Waals surface area (Å²) in [5, 5.41) is 17.9. The van der Waals surface area contributed by atoms with Gasteiger partial charge in [-0.3, -0.25) is 14.4 Å². The van der Waals surface area contributed by atoms with Gasteiger partial charge in [0, 0.05) is 38.0 Å². The fraction of sp³-hybridized carbons (Fsp3) is 0.457. The van der Waals surface area contributed by atoms with Crippen LogP contribution in [0.2, 0.25) is 0 Å². The van der Waals surface area contributed by atoms with Gasteiger partial charge < -0.3 is 19.8 Å². The summed E-state index contributed by atoms with van der Waals surface area (Å²) in [6.07, 6.45) is 6.92. The summed E-state index contributed by atoms with van der Waals surface area (Å²) < 4.78 is 1.00. The molecule has 2 aromatic carbocycles. The van der Waals surface area contributed by atoms with E-state index in [2.05, 4.69) is 23.5 Å². The first-order chi connectivity index (χ1) is 22.4. The summed E-state index contributed by atoms with van der Waals surface area (Å²) in [6, 6.07) is 16.7. The highest BCUT2D eigenvalue weighted by Crippen LogP contribution is 2.66. The van der Waals surface area contributed by atoms with Gasteiger partial charge in [-0.2, -0.15) is 0 Å².